The van der Waals surface area contributed by atoms with Crippen molar-refractivity contribution < 1.29 is 19.0 Å². The Morgan fingerprint density at radius 2 is 1.78 bits per heavy atom. The maximum Gasteiger partial charge on any atom is 0.319 e. The quantitative estimate of drug-likeness (QED) is 0.491. The van der Waals surface area contributed by atoms with Crippen molar-refractivity contribution in [1.82, 2.24) is 9.88 Å². The van der Waals surface area contributed by atoms with E-state index in [2.05, 4.69) is 21.3 Å². The van der Waals surface area contributed by atoms with Crippen LogP contribution in [-0.2, 0) is 9.47 Å². The fraction of sp³-hybridized carbons (Fsp3) is 0.429. The molecule has 1 aliphatic heterocycles. The number of ether oxygens (including phenoxy) is 3. The van der Waals surface area contributed by atoms with Gasteiger partial charge in [0.25, 0.3) is 0 Å². The van der Waals surface area contributed by atoms with E-state index >= 15 is 0 Å². The average molecular weight is 487 g/mol. The highest BCUT2D eigenvalue weighted by Gasteiger charge is 2.28. The fourth-order valence-corrected chi connectivity index (χ4v) is 5.13. The van der Waals surface area contributed by atoms with Crippen molar-refractivity contribution in [2.24, 2.45) is 0 Å². The number of hydrogen-bond acceptors (Lipinski definition) is 5. The van der Waals surface area contributed by atoms with Gasteiger partial charge in [-0.15, -0.1) is 0 Å². The summed E-state index contributed by atoms with van der Waals surface area (Å²) in [7, 11) is 0. The highest BCUT2D eigenvalue weighted by atomic mass is 16.7. The summed E-state index contributed by atoms with van der Waals surface area (Å²) in [4.78, 5) is 12.3. The number of carbonyl (C=O) groups excluding carboxylic acids is 1. The molecule has 0 radical (unpaired) electrons. The Labute approximate surface area is 210 Å². The van der Waals surface area contributed by atoms with Crippen LogP contribution in [0.1, 0.15) is 50.1 Å². The summed E-state index contributed by atoms with van der Waals surface area (Å²) in [5, 5.41) is 17.0. The minimum Gasteiger partial charge on any atom is -0.486 e. The number of aromatic nitrogens is 1. The number of fused-ring (bicyclic) bond motifs is 1. The van der Waals surface area contributed by atoms with Gasteiger partial charge in [-0.3, -0.25) is 0 Å². The number of amides is 2. The Morgan fingerprint density at radius 3 is 2.42 bits per heavy atom. The molecule has 1 aromatic heterocycles. The van der Waals surface area contributed by atoms with E-state index < -0.39 is 0 Å². The van der Waals surface area contributed by atoms with Gasteiger partial charge in [0.05, 0.1) is 30.0 Å². The third-order valence-corrected chi connectivity index (χ3v) is 7.46. The predicted octanol–water partition coefficient (Wildman–Crippen LogP) is 5.33. The van der Waals surface area contributed by atoms with E-state index in [1.165, 1.54) is 12.8 Å². The highest BCUT2D eigenvalue weighted by molar-refractivity contribution is 5.96. The summed E-state index contributed by atoms with van der Waals surface area (Å²) >= 11 is 0. The minimum absolute atomic E-state index is 0.153. The largest absolute Gasteiger partial charge is 0.486 e. The third kappa shape index (κ3) is 4.41. The monoisotopic (exact) mass is 486 g/mol. The zero-order chi connectivity index (χ0) is 24.5. The summed E-state index contributed by atoms with van der Waals surface area (Å²) in [6, 6.07) is 16.6. The molecule has 186 valence electrons. The van der Waals surface area contributed by atoms with E-state index in [1.54, 1.807) is 0 Å². The first-order chi connectivity index (χ1) is 17.7. The zero-order valence-corrected chi connectivity index (χ0v) is 20.2. The number of urea groups is 1. The van der Waals surface area contributed by atoms with Crippen molar-refractivity contribution in [3.05, 3.63) is 48.0 Å². The Hall–Kier alpha value is -3.54. The molecular formula is C28H30N4O4. The molecule has 2 N–H and O–H groups in total. The van der Waals surface area contributed by atoms with Crippen LogP contribution in [0.2, 0.25) is 0 Å². The van der Waals surface area contributed by atoms with Gasteiger partial charge in [0.1, 0.15) is 24.7 Å². The SMILES string of the molecule is N#Cc1c(-c2ccc(NC(=O)NC3CCC3)cc2)n(C2CCC2)c2cc(OC3COCOC3)ccc12. The number of carbonyl (C=O) groups is 1. The molecule has 8 heteroatoms. The summed E-state index contributed by atoms with van der Waals surface area (Å²) < 4.78 is 19.2. The molecule has 0 atom stereocenters. The van der Waals surface area contributed by atoms with Crippen molar-refractivity contribution in [2.75, 3.05) is 25.3 Å². The van der Waals surface area contributed by atoms with Gasteiger partial charge in [0.2, 0.25) is 0 Å². The molecular weight excluding hydrogens is 456 g/mol. The van der Waals surface area contributed by atoms with E-state index in [0.717, 1.165) is 59.3 Å². The summed E-state index contributed by atoms with van der Waals surface area (Å²) in [5.74, 6) is 0.743. The van der Waals surface area contributed by atoms with Crippen LogP contribution in [0, 0.1) is 11.3 Å². The molecule has 0 bridgehead atoms. The Kier molecular flexibility index (Phi) is 6.26. The van der Waals surface area contributed by atoms with E-state index in [-0.39, 0.29) is 18.2 Å². The van der Waals surface area contributed by atoms with Crippen LogP contribution in [-0.4, -0.2) is 42.8 Å². The second-order valence-electron chi connectivity index (χ2n) is 9.87. The number of nitrogens with zero attached hydrogens (tertiary/aromatic N) is 2. The molecule has 0 unspecified atom stereocenters. The predicted molar refractivity (Wildman–Crippen MR) is 136 cm³/mol. The van der Waals surface area contributed by atoms with Gasteiger partial charge in [-0.2, -0.15) is 5.26 Å². The number of benzene rings is 2. The normalized spacial score (nSPS) is 18.8. The Morgan fingerprint density at radius 1 is 1.03 bits per heavy atom. The molecule has 1 saturated heterocycles. The van der Waals surface area contributed by atoms with Crippen molar-refractivity contribution in [3.63, 3.8) is 0 Å². The number of nitriles is 1. The van der Waals surface area contributed by atoms with Crippen LogP contribution in [0.4, 0.5) is 10.5 Å². The van der Waals surface area contributed by atoms with Gasteiger partial charge >= 0.3 is 6.03 Å². The van der Waals surface area contributed by atoms with Crippen LogP contribution in [0.25, 0.3) is 22.2 Å². The van der Waals surface area contributed by atoms with Crippen LogP contribution in [0.15, 0.2) is 42.5 Å². The molecule has 8 nitrogen and oxygen atoms in total. The van der Waals surface area contributed by atoms with Gasteiger partial charge < -0.3 is 29.4 Å². The van der Waals surface area contributed by atoms with Crippen molar-refractivity contribution >= 4 is 22.6 Å². The third-order valence-electron chi connectivity index (χ3n) is 7.46. The van der Waals surface area contributed by atoms with Gasteiger partial charge in [0, 0.05) is 29.2 Å². The number of anilines is 1. The van der Waals surface area contributed by atoms with Crippen LogP contribution >= 0.6 is 0 Å². The summed E-state index contributed by atoms with van der Waals surface area (Å²) in [6.45, 7) is 1.29. The Bertz CT molecular complexity index is 1300. The maximum atomic E-state index is 12.3. The molecule has 0 spiro atoms. The van der Waals surface area contributed by atoms with E-state index in [1.807, 2.05) is 42.5 Å². The topological polar surface area (TPSA) is 97.5 Å². The summed E-state index contributed by atoms with van der Waals surface area (Å²) in [6.07, 6.45) is 6.45. The second-order valence-corrected chi connectivity index (χ2v) is 9.87. The lowest BCUT2D eigenvalue weighted by Crippen LogP contribution is -2.41. The first-order valence-corrected chi connectivity index (χ1v) is 12.8. The fourth-order valence-electron chi connectivity index (χ4n) is 5.13. The lowest BCUT2D eigenvalue weighted by atomic mass is 9.92. The minimum atomic E-state index is -0.171. The van der Waals surface area contributed by atoms with Crippen LogP contribution in [0.5, 0.6) is 5.75 Å². The zero-order valence-electron chi connectivity index (χ0n) is 20.2. The smallest absolute Gasteiger partial charge is 0.319 e. The van der Waals surface area contributed by atoms with Gasteiger partial charge in [0.15, 0.2) is 0 Å². The molecule has 6 rings (SSSR count). The molecule has 2 aliphatic carbocycles. The van der Waals surface area contributed by atoms with E-state index in [9.17, 15) is 10.1 Å². The average Bonchev–Trinajstić information content (AvgIpc) is 3.15. The van der Waals surface area contributed by atoms with Gasteiger partial charge in [-0.05, 0) is 68.4 Å². The molecule has 2 heterocycles. The molecule has 36 heavy (non-hydrogen) atoms. The van der Waals surface area contributed by atoms with Crippen molar-refractivity contribution in [3.8, 4) is 23.1 Å². The molecule has 2 amide bonds. The molecule has 3 aliphatic rings. The second kappa shape index (κ2) is 9.84. The van der Waals surface area contributed by atoms with Crippen LogP contribution in [0.3, 0.4) is 0 Å². The molecule has 2 saturated carbocycles. The number of hydrogen-bond donors (Lipinski definition) is 2. The first kappa shape index (κ1) is 22.9. The van der Waals surface area contributed by atoms with Crippen LogP contribution < -0.4 is 15.4 Å². The lowest BCUT2D eigenvalue weighted by Gasteiger charge is -2.30. The Balaban J connectivity index is 1.32. The van der Waals surface area contributed by atoms with Crippen molar-refractivity contribution in [1.29, 1.82) is 5.26 Å². The van der Waals surface area contributed by atoms with Gasteiger partial charge in [-0.25, -0.2) is 4.79 Å². The van der Waals surface area contributed by atoms with Gasteiger partial charge in [-0.1, -0.05) is 12.1 Å². The summed E-state index contributed by atoms with van der Waals surface area (Å²) in [5.41, 5.74) is 4.27. The highest BCUT2D eigenvalue weighted by Crippen LogP contribution is 2.43. The molecule has 3 fully saturated rings. The maximum absolute atomic E-state index is 12.3. The molecule has 3 aromatic rings. The molecule has 2 aromatic carbocycles. The number of rotatable bonds is 6. The van der Waals surface area contributed by atoms with E-state index in [4.69, 9.17) is 14.2 Å². The van der Waals surface area contributed by atoms with Crippen molar-refractivity contribution in [2.45, 2.75) is 56.7 Å². The number of nitrogens with one attached hydrogen (secondary N) is 2. The first-order valence-electron chi connectivity index (χ1n) is 12.8. The van der Waals surface area contributed by atoms with E-state index in [0.29, 0.717) is 31.6 Å². The standard InChI is InChI=1S/C28H30N4O4/c29-14-25-24-12-11-22(36-23-15-34-17-35-16-23)13-26(24)32(21-5-2-6-21)27(25)18-7-9-20(10-8-18)31-28(33)30-19-3-1-4-19/h7-13,19,21,23H,1-6,15-17H2,(H2,30,31,33). The lowest BCUT2D eigenvalue weighted by molar-refractivity contribution is -0.143.